The predicted molar refractivity (Wildman–Crippen MR) is 143 cm³/mol. The molecule has 1 atom stereocenters. The molecule has 0 bridgehead atoms. The highest BCUT2D eigenvalue weighted by molar-refractivity contribution is 7.80. The molecule has 1 rings (SSSR count). The van der Waals surface area contributed by atoms with Crippen molar-refractivity contribution in [1.82, 2.24) is 20.6 Å². The summed E-state index contributed by atoms with van der Waals surface area (Å²) < 4.78 is 6.44. The van der Waals surface area contributed by atoms with Crippen LogP contribution in [-0.4, -0.2) is 52.0 Å². The van der Waals surface area contributed by atoms with Gasteiger partial charge >= 0.3 is 6.09 Å². The highest BCUT2D eigenvalue weighted by Crippen LogP contribution is 2.09. The Morgan fingerprint density at radius 3 is 2.56 bits per heavy atom. The van der Waals surface area contributed by atoms with Crippen molar-refractivity contribution >= 4 is 47.1 Å². The number of aromatic nitrogens is 1. The van der Waals surface area contributed by atoms with Crippen molar-refractivity contribution in [3.8, 4) is 0 Å². The number of hydrazone groups is 1. The molecule has 0 aromatic carbocycles. The number of amides is 3. The van der Waals surface area contributed by atoms with Crippen LogP contribution >= 0.6 is 12.2 Å². The number of hydrogen-bond donors (Lipinski definition) is 5. The van der Waals surface area contributed by atoms with Crippen LogP contribution in [0.5, 0.6) is 0 Å². The van der Waals surface area contributed by atoms with E-state index in [0.717, 1.165) is 6.42 Å². The summed E-state index contributed by atoms with van der Waals surface area (Å²) in [6.45, 7) is 9.51. The number of alkyl carbamates (subject to hydrolysis) is 1. The Labute approximate surface area is 216 Å². The van der Waals surface area contributed by atoms with Crippen molar-refractivity contribution in [3.05, 3.63) is 28.7 Å². The van der Waals surface area contributed by atoms with Crippen LogP contribution in [0.1, 0.15) is 53.9 Å². The van der Waals surface area contributed by atoms with E-state index in [0.29, 0.717) is 12.5 Å². The van der Waals surface area contributed by atoms with Gasteiger partial charge in [0, 0.05) is 19.0 Å². The smallest absolute Gasteiger partial charge is 0.408 e. The van der Waals surface area contributed by atoms with E-state index < -0.39 is 29.2 Å². The first-order valence-electron chi connectivity index (χ1n) is 11.6. The van der Waals surface area contributed by atoms with Gasteiger partial charge in [0.15, 0.2) is 5.11 Å². The molecule has 0 fully saturated rings. The minimum atomic E-state index is -1.04. The van der Waals surface area contributed by atoms with Gasteiger partial charge in [-0.25, -0.2) is 4.79 Å². The fourth-order valence-electron chi connectivity index (χ4n) is 2.82. The molecule has 0 spiro atoms. The van der Waals surface area contributed by atoms with Crippen LogP contribution in [0.25, 0.3) is 0 Å². The van der Waals surface area contributed by atoms with Crippen LogP contribution in [0, 0.1) is 5.92 Å². The lowest BCUT2D eigenvalue weighted by Gasteiger charge is -2.23. The minimum absolute atomic E-state index is 0.0126. The molecule has 13 heteroatoms. The lowest BCUT2D eigenvalue weighted by atomic mass is 10.1. The average molecular weight is 524 g/mol. The Morgan fingerprint density at radius 1 is 1.25 bits per heavy atom. The van der Waals surface area contributed by atoms with E-state index in [-0.39, 0.29) is 36.1 Å². The summed E-state index contributed by atoms with van der Waals surface area (Å²) in [5.74, 6) is -0.502. The molecule has 0 aliphatic heterocycles. The van der Waals surface area contributed by atoms with E-state index in [2.05, 4.69) is 38.7 Å². The molecule has 1 aromatic heterocycles. The van der Waals surface area contributed by atoms with E-state index in [1.807, 2.05) is 13.8 Å². The third-order valence-electron chi connectivity index (χ3n) is 4.49. The Hall–Kier alpha value is -3.48. The number of pyridine rings is 1. The molecular weight excluding hydrogens is 486 g/mol. The predicted octanol–water partition coefficient (Wildman–Crippen LogP) is 1.44. The maximum Gasteiger partial charge on any atom is 0.408 e. The molecule has 1 aromatic rings. The van der Waals surface area contributed by atoms with Gasteiger partial charge in [-0.15, -0.1) is 0 Å². The number of nitrogens with one attached hydrogen (secondary N) is 4. The van der Waals surface area contributed by atoms with Crippen molar-refractivity contribution in [1.29, 1.82) is 0 Å². The molecule has 0 aliphatic rings. The van der Waals surface area contributed by atoms with Gasteiger partial charge in [-0.05, 0) is 70.3 Å². The quantitative estimate of drug-likeness (QED) is 0.156. The molecule has 6 N–H and O–H groups in total. The fourth-order valence-corrected chi connectivity index (χ4v) is 2.87. The Morgan fingerprint density at radius 2 is 1.94 bits per heavy atom. The number of nitrogens with zero attached hydrogens (tertiary/aromatic N) is 2. The van der Waals surface area contributed by atoms with Crippen molar-refractivity contribution in [2.45, 2.75) is 72.1 Å². The van der Waals surface area contributed by atoms with Crippen molar-refractivity contribution < 1.29 is 19.1 Å². The number of carbonyl (C=O) groups excluding carboxylic acids is 3. The lowest BCUT2D eigenvalue weighted by Crippen LogP contribution is -2.46. The molecule has 3 amide bonds. The molecule has 0 radical (unpaired) electrons. The van der Waals surface area contributed by atoms with Gasteiger partial charge in [0.1, 0.15) is 23.9 Å². The maximum atomic E-state index is 13.0. The molecule has 36 heavy (non-hydrogen) atoms. The second kappa shape index (κ2) is 14.8. The summed E-state index contributed by atoms with van der Waals surface area (Å²) >= 11 is 4.66. The third-order valence-corrected chi connectivity index (χ3v) is 4.59. The average Bonchev–Trinajstić information content (AvgIpc) is 2.73. The molecule has 200 valence electrons. The van der Waals surface area contributed by atoms with Gasteiger partial charge in [-0.2, -0.15) is 5.10 Å². The van der Waals surface area contributed by atoms with Gasteiger partial charge in [0.25, 0.3) is 5.56 Å². The van der Waals surface area contributed by atoms with Crippen LogP contribution in [0.2, 0.25) is 0 Å². The number of ether oxygens (including phenoxy) is 1. The first-order chi connectivity index (χ1) is 16.8. The summed E-state index contributed by atoms with van der Waals surface area (Å²) in [6.07, 6.45) is 3.36. The summed E-state index contributed by atoms with van der Waals surface area (Å²) in [6, 6.07) is 1.93. The van der Waals surface area contributed by atoms with Crippen LogP contribution in [0.4, 0.5) is 10.5 Å². The maximum absolute atomic E-state index is 13.0. The normalized spacial score (nSPS) is 12.2. The number of nitrogens with two attached hydrogens (primary N) is 1. The number of hydrogen-bond acceptors (Lipinski definition) is 7. The largest absolute Gasteiger partial charge is 0.444 e. The zero-order chi connectivity index (χ0) is 27.3. The van der Waals surface area contributed by atoms with Crippen molar-refractivity contribution in [3.63, 3.8) is 0 Å². The molecular formula is C23H37N7O5S. The molecule has 1 heterocycles. The Bertz CT molecular complexity index is 1000. The zero-order valence-corrected chi connectivity index (χ0v) is 22.2. The topological polar surface area (TPSA) is 169 Å². The number of thiocarbonyl (C=S) groups is 1. The molecule has 0 aliphatic carbocycles. The van der Waals surface area contributed by atoms with Crippen LogP contribution in [-0.2, 0) is 20.9 Å². The summed E-state index contributed by atoms with van der Waals surface area (Å²) in [5, 5.41) is 11.6. The summed E-state index contributed by atoms with van der Waals surface area (Å²) in [7, 11) is 0. The van der Waals surface area contributed by atoms with Gasteiger partial charge in [0.05, 0.1) is 0 Å². The first-order valence-corrected chi connectivity index (χ1v) is 12.0. The van der Waals surface area contributed by atoms with E-state index in [1.54, 1.807) is 26.8 Å². The number of carbonyl (C=O) groups is 3. The zero-order valence-electron chi connectivity index (χ0n) is 21.4. The van der Waals surface area contributed by atoms with Crippen molar-refractivity contribution in [2.24, 2.45) is 16.8 Å². The molecule has 12 nitrogen and oxygen atoms in total. The second-order valence-electron chi connectivity index (χ2n) is 9.44. The van der Waals surface area contributed by atoms with E-state index in [9.17, 15) is 19.2 Å². The first kappa shape index (κ1) is 30.6. The highest BCUT2D eigenvalue weighted by Gasteiger charge is 2.25. The lowest BCUT2D eigenvalue weighted by molar-refractivity contribution is -0.121. The van der Waals surface area contributed by atoms with E-state index in [4.69, 9.17) is 10.5 Å². The molecule has 0 unspecified atom stereocenters. The van der Waals surface area contributed by atoms with Gasteiger partial charge in [-0.3, -0.25) is 19.8 Å². The number of anilines is 1. The Kier molecular flexibility index (Phi) is 12.6. The fraction of sp³-hybridized carbons (Fsp3) is 0.565. The SMILES string of the molecule is CC(C)CCNC(=O)Cn1cccc(NC(=O)[C@H](CC/C=N\NC(N)=S)NC(=O)OC(C)(C)C)c1=O. The van der Waals surface area contributed by atoms with Crippen LogP contribution in [0.3, 0.4) is 0 Å². The van der Waals surface area contributed by atoms with E-state index >= 15 is 0 Å². The standard InChI is InChI=1S/C23H37N7O5S/c1-15(2)10-12-25-18(31)14-30-13-7-9-17(20(30)33)27-19(32)16(8-6-11-26-29-21(24)36)28-22(34)35-23(3,4)5/h7,9,11,13,15-16H,6,8,10,12,14H2,1-5H3,(H,25,31)(H,27,32)(H,28,34)(H3,24,29,36)/b26-11-/t16-/m0/s1. The summed E-state index contributed by atoms with van der Waals surface area (Å²) in [5.41, 5.74) is 6.34. The van der Waals surface area contributed by atoms with Gasteiger partial charge < -0.3 is 31.0 Å². The molecule has 0 saturated carbocycles. The monoisotopic (exact) mass is 523 g/mol. The summed E-state index contributed by atoms with van der Waals surface area (Å²) in [4.78, 5) is 50.2. The van der Waals surface area contributed by atoms with E-state index in [1.165, 1.54) is 23.0 Å². The molecule has 0 saturated heterocycles. The van der Waals surface area contributed by atoms with Crippen LogP contribution in [0.15, 0.2) is 28.2 Å². The minimum Gasteiger partial charge on any atom is -0.444 e. The van der Waals surface area contributed by atoms with Gasteiger partial charge in [-0.1, -0.05) is 13.8 Å². The Balaban J connectivity index is 2.92. The van der Waals surface area contributed by atoms with Gasteiger partial charge in [0.2, 0.25) is 11.8 Å². The third kappa shape index (κ3) is 12.8. The second-order valence-corrected chi connectivity index (χ2v) is 9.88. The van der Waals surface area contributed by atoms with Crippen LogP contribution < -0.4 is 32.7 Å². The number of rotatable bonds is 12. The highest BCUT2D eigenvalue weighted by atomic mass is 32.1. The van der Waals surface area contributed by atoms with Crippen molar-refractivity contribution in [2.75, 3.05) is 11.9 Å².